The summed E-state index contributed by atoms with van der Waals surface area (Å²) >= 11 is 0. The van der Waals surface area contributed by atoms with E-state index in [1.165, 1.54) is 38.5 Å². The first-order valence-corrected chi connectivity index (χ1v) is 10.6. The molecule has 3 unspecified atom stereocenters. The van der Waals surface area contributed by atoms with E-state index < -0.39 is 0 Å². The molecule has 3 rings (SSSR count). The lowest BCUT2D eigenvalue weighted by atomic mass is 9.88. The highest BCUT2D eigenvalue weighted by molar-refractivity contribution is 14.0. The first kappa shape index (κ1) is 21.8. The Labute approximate surface area is 176 Å². The largest absolute Gasteiger partial charge is 0.353 e. The Hall–Kier alpha value is -0.530. The van der Waals surface area contributed by atoms with Crippen LogP contribution in [0.2, 0.25) is 0 Å². The zero-order valence-corrected chi connectivity index (χ0v) is 18.8. The van der Waals surface area contributed by atoms with Gasteiger partial charge in [0.05, 0.1) is 0 Å². The van der Waals surface area contributed by atoms with Crippen LogP contribution in [0.15, 0.2) is 4.99 Å². The van der Waals surface area contributed by atoms with Crippen molar-refractivity contribution in [2.24, 2.45) is 16.8 Å². The average molecular weight is 476 g/mol. The van der Waals surface area contributed by atoms with Gasteiger partial charge in [0.1, 0.15) is 0 Å². The van der Waals surface area contributed by atoms with Gasteiger partial charge in [0.2, 0.25) is 5.91 Å². The van der Waals surface area contributed by atoms with Gasteiger partial charge in [0.25, 0.3) is 0 Å². The minimum atomic E-state index is 0. The summed E-state index contributed by atoms with van der Waals surface area (Å²) in [7, 11) is 0. The van der Waals surface area contributed by atoms with Gasteiger partial charge in [0, 0.05) is 37.6 Å². The van der Waals surface area contributed by atoms with Gasteiger partial charge in [-0.3, -0.25) is 9.79 Å². The minimum Gasteiger partial charge on any atom is -0.353 e. The van der Waals surface area contributed by atoms with Crippen LogP contribution in [0.5, 0.6) is 0 Å². The summed E-state index contributed by atoms with van der Waals surface area (Å²) in [5.41, 5.74) is 0. The van der Waals surface area contributed by atoms with E-state index in [4.69, 9.17) is 0 Å². The molecule has 0 aromatic rings. The van der Waals surface area contributed by atoms with Crippen LogP contribution in [0, 0.1) is 11.8 Å². The number of rotatable bonds is 6. The number of guanidine groups is 1. The topological polar surface area (TPSA) is 56.7 Å². The van der Waals surface area contributed by atoms with Crippen molar-refractivity contribution in [1.29, 1.82) is 0 Å². The molecule has 3 atom stereocenters. The fourth-order valence-corrected chi connectivity index (χ4v) is 4.46. The second kappa shape index (κ2) is 10.7. The Morgan fingerprint density at radius 1 is 1.12 bits per heavy atom. The standard InChI is InChI=1S/C20H36N4O.HI/c1-3-8-16-13-18(16)23-20(21-4-2)22-17-11-12-24(14-17)19(25)15-9-6-5-7-10-15;/h15-18H,3-14H2,1-2H3,(H2,21,22,23);1H. The molecule has 0 aromatic carbocycles. The van der Waals surface area contributed by atoms with Gasteiger partial charge < -0.3 is 15.5 Å². The predicted octanol–water partition coefficient (Wildman–Crippen LogP) is 3.53. The zero-order chi connectivity index (χ0) is 17.6. The molecule has 0 aromatic heterocycles. The second-order valence-electron chi connectivity index (χ2n) is 8.11. The highest BCUT2D eigenvalue weighted by Crippen LogP contribution is 2.34. The number of amides is 1. The molecule has 3 fully saturated rings. The number of hydrogen-bond acceptors (Lipinski definition) is 2. The molecule has 2 saturated carbocycles. The highest BCUT2D eigenvalue weighted by Gasteiger charge is 2.37. The highest BCUT2D eigenvalue weighted by atomic mass is 127. The molecule has 0 radical (unpaired) electrons. The van der Waals surface area contributed by atoms with Crippen molar-refractivity contribution in [3.05, 3.63) is 0 Å². The molecule has 3 aliphatic rings. The SMILES string of the molecule is CCCC1CC1NC(=NCC)NC1CCN(C(=O)C2CCCCC2)C1.I. The van der Waals surface area contributed by atoms with Crippen molar-refractivity contribution in [2.75, 3.05) is 19.6 Å². The fraction of sp³-hybridized carbons (Fsp3) is 0.900. The van der Waals surface area contributed by atoms with E-state index in [9.17, 15) is 4.79 Å². The summed E-state index contributed by atoms with van der Waals surface area (Å²) in [5.74, 6) is 2.46. The quantitative estimate of drug-likeness (QED) is 0.351. The lowest BCUT2D eigenvalue weighted by Crippen LogP contribution is -2.46. The summed E-state index contributed by atoms with van der Waals surface area (Å²) in [4.78, 5) is 19.4. The Kier molecular flexibility index (Phi) is 8.97. The first-order chi connectivity index (χ1) is 12.2. The molecule has 1 amide bonds. The van der Waals surface area contributed by atoms with Gasteiger partial charge >= 0.3 is 0 Å². The van der Waals surface area contributed by atoms with Gasteiger partial charge in [0.15, 0.2) is 5.96 Å². The maximum absolute atomic E-state index is 12.7. The molecule has 0 spiro atoms. The summed E-state index contributed by atoms with van der Waals surface area (Å²) < 4.78 is 0. The van der Waals surface area contributed by atoms with Gasteiger partial charge in [-0.2, -0.15) is 0 Å². The van der Waals surface area contributed by atoms with Crippen LogP contribution in [0.1, 0.15) is 71.6 Å². The number of halogens is 1. The number of carbonyl (C=O) groups is 1. The number of hydrogen-bond donors (Lipinski definition) is 2. The average Bonchev–Trinajstić information content (AvgIpc) is 3.17. The maximum atomic E-state index is 12.7. The van der Waals surface area contributed by atoms with Gasteiger partial charge in [-0.1, -0.05) is 32.6 Å². The summed E-state index contributed by atoms with van der Waals surface area (Å²) in [6.45, 7) is 6.85. The maximum Gasteiger partial charge on any atom is 0.225 e. The van der Waals surface area contributed by atoms with Crippen LogP contribution in [0.25, 0.3) is 0 Å². The van der Waals surface area contributed by atoms with E-state index in [1.54, 1.807) is 0 Å². The molecule has 5 nitrogen and oxygen atoms in total. The summed E-state index contributed by atoms with van der Waals surface area (Å²) in [6.07, 6.45) is 10.8. The molecule has 1 saturated heterocycles. The van der Waals surface area contributed by atoms with Gasteiger partial charge in [-0.25, -0.2) is 0 Å². The third-order valence-corrected chi connectivity index (χ3v) is 6.02. The van der Waals surface area contributed by atoms with Crippen LogP contribution in [0.4, 0.5) is 0 Å². The third kappa shape index (κ3) is 5.99. The molecule has 150 valence electrons. The number of aliphatic imine (C=N–C) groups is 1. The first-order valence-electron chi connectivity index (χ1n) is 10.6. The number of nitrogens with zero attached hydrogens (tertiary/aromatic N) is 2. The summed E-state index contributed by atoms with van der Waals surface area (Å²) in [5, 5.41) is 7.18. The third-order valence-electron chi connectivity index (χ3n) is 6.02. The predicted molar refractivity (Wildman–Crippen MR) is 118 cm³/mol. The zero-order valence-electron chi connectivity index (χ0n) is 16.5. The molecule has 6 heteroatoms. The van der Waals surface area contributed by atoms with Crippen molar-refractivity contribution in [2.45, 2.75) is 83.7 Å². The normalized spacial score (nSPS) is 29.2. The Morgan fingerprint density at radius 3 is 2.58 bits per heavy atom. The molecule has 1 aliphatic heterocycles. The Balaban J connectivity index is 0.00000243. The lowest BCUT2D eigenvalue weighted by Gasteiger charge is -2.26. The second-order valence-corrected chi connectivity index (χ2v) is 8.11. The smallest absolute Gasteiger partial charge is 0.225 e. The number of carbonyl (C=O) groups excluding carboxylic acids is 1. The Bertz CT molecular complexity index is 478. The van der Waals surface area contributed by atoms with Crippen LogP contribution in [-0.4, -0.2) is 48.5 Å². The van der Waals surface area contributed by atoms with E-state index in [0.717, 1.165) is 50.8 Å². The van der Waals surface area contributed by atoms with E-state index in [-0.39, 0.29) is 29.9 Å². The molecular formula is C20H37IN4O. The van der Waals surface area contributed by atoms with E-state index in [0.29, 0.717) is 18.0 Å². The minimum absolute atomic E-state index is 0. The van der Waals surface area contributed by atoms with Crippen LogP contribution in [0.3, 0.4) is 0 Å². The van der Waals surface area contributed by atoms with Crippen LogP contribution in [-0.2, 0) is 4.79 Å². The van der Waals surface area contributed by atoms with Crippen molar-refractivity contribution in [3.8, 4) is 0 Å². The van der Waals surface area contributed by atoms with Gasteiger partial charge in [-0.05, 0) is 44.9 Å². The van der Waals surface area contributed by atoms with Gasteiger partial charge in [-0.15, -0.1) is 24.0 Å². The van der Waals surface area contributed by atoms with Crippen LogP contribution < -0.4 is 10.6 Å². The van der Waals surface area contributed by atoms with E-state index >= 15 is 0 Å². The lowest BCUT2D eigenvalue weighted by molar-refractivity contribution is -0.135. The van der Waals surface area contributed by atoms with Crippen LogP contribution >= 0.6 is 24.0 Å². The van der Waals surface area contributed by atoms with Crippen molar-refractivity contribution in [3.63, 3.8) is 0 Å². The molecule has 1 heterocycles. The number of likely N-dealkylation sites (tertiary alicyclic amines) is 1. The van der Waals surface area contributed by atoms with Crippen molar-refractivity contribution >= 4 is 35.8 Å². The molecule has 26 heavy (non-hydrogen) atoms. The molecular weight excluding hydrogens is 439 g/mol. The summed E-state index contributed by atoms with van der Waals surface area (Å²) in [6, 6.07) is 0.938. The number of nitrogens with one attached hydrogen (secondary N) is 2. The van der Waals surface area contributed by atoms with Crippen molar-refractivity contribution in [1.82, 2.24) is 15.5 Å². The van der Waals surface area contributed by atoms with Crippen molar-refractivity contribution < 1.29 is 4.79 Å². The Morgan fingerprint density at radius 2 is 1.88 bits per heavy atom. The monoisotopic (exact) mass is 476 g/mol. The molecule has 2 N–H and O–H groups in total. The van der Waals surface area contributed by atoms with E-state index in [2.05, 4.69) is 34.4 Å². The fourth-order valence-electron chi connectivity index (χ4n) is 4.46. The molecule has 0 bridgehead atoms. The van der Waals surface area contributed by atoms with E-state index in [1.807, 2.05) is 0 Å². The molecule has 2 aliphatic carbocycles.